The molecule has 0 spiro atoms. The predicted molar refractivity (Wildman–Crippen MR) is 88.0 cm³/mol. The summed E-state index contributed by atoms with van der Waals surface area (Å²) in [4.78, 5) is 34.2. The van der Waals surface area contributed by atoms with Gasteiger partial charge in [0.25, 0.3) is 0 Å². The smallest absolute Gasteiger partial charge is 0.326 e. The number of hydrogen-bond acceptors (Lipinski definition) is 4. The van der Waals surface area contributed by atoms with Gasteiger partial charge in [-0.1, -0.05) is 30.3 Å². The zero-order valence-electron chi connectivity index (χ0n) is 13.4. The Hall–Kier alpha value is -2.41. The minimum Gasteiger partial charge on any atom is -0.480 e. The third-order valence-electron chi connectivity index (χ3n) is 4.20. The van der Waals surface area contributed by atoms with Crippen molar-refractivity contribution >= 4 is 17.8 Å². The number of carboxylic acids is 1. The van der Waals surface area contributed by atoms with Crippen molar-refractivity contribution in [2.75, 3.05) is 6.54 Å². The second kappa shape index (κ2) is 8.44. The molecule has 1 aliphatic rings. The number of rotatable bonds is 8. The van der Waals surface area contributed by atoms with Crippen molar-refractivity contribution in [1.29, 1.82) is 0 Å². The van der Waals surface area contributed by atoms with Crippen LogP contribution >= 0.6 is 0 Å². The summed E-state index contributed by atoms with van der Waals surface area (Å²) in [5.74, 6) is -1.76. The van der Waals surface area contributed by atoms with Gasteiger partial charge >= 0.3 is 5.97 Å². The highest BCUT2D eigenvalue weighted by molar-refractivity contribution is 5.87. The molecule has 0 bridgehead atoms. The lowest BCUT2D eigenvalue weighted by atomic mass is 9.96. The first-order valence-electron chi connectivity index (χ1n) is 8.04. The molecule has 1 saturated heterocycles. The van der Waals surface area contributed by atoms with Crippen LogP contribution in [0.1, 0.15) is 24.8 Å². The third kappa shape index (κ3) is 5.34. The molecule has 0 aliphatic carbocycles. The molecule has 7 nitrogen and oxygen atoms in total. The Morgan fingerprint density at radius 2 is 2.00 bits per heavy atom. The maximum Gasteiger partial charge on any atom is 0.326 e. The molecular weight excluding hydrogens is 310 g/mol. The van der Waals surface area contributed by atoms with E-state index in [4.69, 9.17) is 10.8 Å². The minimum atomic E-state index is -1.16. The molecule has 2 amide bonds. The van der Waals surface area contributed by atoms with Crippen molar-refractivity contribution in [1.82, 2.24) is 10.6 Å². The van der Waals surface area contributed by atoms with Crippen LogP contribution in [0.3, 0.4) is 0 Å². The summed E-state index contributed by atoms with van der Waals surface area (Å²) >= 11 is 0. The van der Waals surface area contributed by atoms with Gasteiger partial charge in [0, 0.05) is 6.42 Å². The summed E-state index contributed by atoms with van der Waals surface area (Å²) in [6.45, 7) is 0.714. The van der Waals surface area contributed by atoms with Gasteiger partial charge in [-0.3, -0.25) is 9.59 Å². The molecule has 1 aliphatic heterocycles. The average molecular weight is 333 g/mol. The van der Waals surface area contributed by atoms with Crippen LogP contribution in [0, 0.1) is 5.92 Å². The number of amides is 2. The molecule has 24 heavy (non-hydrogen) atoms. The van der Waals surface area contributed by atoms with Crippen molar-refractivity contribution in [3.8, 4) is 0 Å². The monoisotopic (exact) mass is 333 g/mol. The molecule has 2 rings (SSSR count). The fourth-order valence-corrected chi connectivity index (χ4v) is 2.93. The van der Waals surface area contributed by atoms with Crippen LogP contribution in [-0.4, -0.2) is 41.5 Å². The SMILES string of the molecule is NC(=O)CC[C@H](NC(=O)[C@H]1C[C@H](Cc2ccccc2)CN1)C(=O)O. The molecule has 1 heterocycles. The largest absolute Gasteiger partial charge is 0.480 e. The molecule has 0 aromatic heterocycles. The molecular formula is C17H23N3O4. The molecule has 0 saturated carbocycles. The van der Waals surface area contributed by atoms with Crippen molar-refractivity contribution in [2.45, 2.75) is 37.8 Å². The van der Waals surface area contributed by atoms with E-state index in [0.29, 0.717) is 18.9 Å². The van der Waals surface area contributed by atoms with E-state index in [1.165, 1.54) is 5.56 Å². The van der Waals surface area contributed by atoms with E-state index >= 15 is 0 Å². The van der Waals surface area contributed by atoms with Gasteiger partial charge < -0.3 is 21.5 Å². The van der Waals surface area contributed by atoms with E-state index in [0.717, 1.165) is 6.42 Å². The van der Waals surface area contributed by atoms with Gasteiger partial charge in [0.15, 0.2) is 0 Å². The molecule has 0 radical (unpaired) electrons. The Morgan fingerprint density at radius 3 is 2.62 bits per heavy atom. The van der Waals surface area contributed by atoms with E-state index in [2.05, 4.69) is 22.8 Å². The van der Waals surface area contributed by atoms with Crippen molar-refractivity contribution in [3.63, 3.8) is 0 Å². The van der Waals surface area contributed by atoms with Crippen LogP contribution in [-0.2, 0) is 20.8 Å². The maximum atomic E-state index is 12.2. The Labute approximate surface area is 140 Å². The summed E-state index contributed by atoms with van der Waals surface area (Å²) in [5, 5.41) is 14.8. The zero-order valence-corrected chi connectivity index (χ0v) is 13.4. The van der Waals surface area contributed by atoms with Crippen LogP contribution in [0.4, 0.5) is 0 Å². The third-order valence-corrected chi connectivity index (χ3v) is 4.20. The molecule has 1 fully saturated rings. The Balaban J connectivity index is 1.84. The summed E-state index contributed by atoms with van der Waals surface area (Å²) < 4.78 is 0. The summed E-state index contributed by atoms with van der Waals surface area (Å²) in [5.41, 5.74) is 6.25. The average Bonchev–Trinajstić information content (AvgIpc) is 3.00. The predicted octanol–water partition coefficient (Wildman–Crippen LogP) is 0.0421. The molecule has 130 valence electrons. The van der Waals surface area contributed by atoms with Crippen LogP contribution in [0.15, 0.2) is 30.3 Å². The number of benzene rings is 1. The summed E-state index contributed by atoms with van der Waals surface area (Å²) in [7, 11) is 0. The number of hydrogen-bond donors (Lipinski definition) is 4. The van der Waals surface area contributed by atoms with Crippen molar-refractivity contribution < 1.29 is 19.5 Å². The number of carbonyl (C=O) groups is 3. The van der Waals surface area contributed by atoms with Crippen LogP contribution in [0.5, 0.6) is 0 Å². The van der Waals surface area contributed by atoms with E-state index in [1.54, 1.807) is 0 Å². The highest BCUT2D eigenvalue weighted by atomic mass is 16.4. The number of carboxylic acid groups (broad SMARTS) is 1. The number of primary amides is 1. The van der Waals surface area contributed by atoms with Gasteiger partial charge in [0.1, 0.15) is 6.04 Å². The Kier molecular flexibility index (Phi) is 6.31. The van der Waals surface area contributed by atoms with Gasteiger partial charge in [0.05, 0.1) is 6.04 Å². The van der Waals surface area contributed by atoms with Gasteiger partial charge in [-0.05, 0) is 37.3 Å². The highest BCUT2D eigenvalue weighted by Gasteiger charge is 2.31. The molecule has 3 atom stereocenters. The second-order valence-electron chi connectivity index (χ2n) is 6.16. The fraction of sp³-hybridized carbons (Fsp3) is 0.471. The van der Waals surface area contributed by atoms with Crippen LogP contribution in [0.25, 0.3) is 0 Å². The van der Waals surface area contributed by atoms with Crippen molar-refractivity contribution in [2.24, 2.45) is 11.7 Å². The van der Waals surface area contributed by atoms with E-state index in [9.17, 15) is 14.4 Å². The second-order valence-corrected chi connectivity index (χ2v) is 6.16. The first-order valence-corrected chi connectivity index (χ1v) is 8.04. The van der Waals surface area contributed by atoms with Crippen LogP contribution < -0.4 is 16.4 Å². The fourth-order valence-electron chi connectivity index (χ4n) is 2.93. The number of nitrogens with one attached hydrogen (secondary N) is 2. The van der Waals surface area contributed by atoms with Gasteiger partial charge in [-0.15, -0.1) is 0 Å². The standard InChI is InChI=1S/C17H23N3O4/c18-15(21)7-6-13(17(23)24)20-16(22)14-9-12(10-19-14)8-11-4-2-1-3-5-11/h1-5,12-14,19H,6-10H2,(H2,18,21)(H,20,22)(H,23,24)/t12-,13-,14+/m0/s1. The quantitative estimate of drug-likeness (QED) is 0.535. The summed E-state index contributed by atoms with van der Waals surface area (Å²) in [6.07, 6.45) is 1.45. The maximum absolute atomic E-state index is 12.2. The first-order chi connectivity index (χ1) is 11.5. The summed E-state index contributed by atoms with van der Waals surface area (Å²) in [6, 6.07) is 8.53. The molecule has 1 aromatic carbocycles. The topological polar surface area (TPSA) is 122 Å². The minimum absolute atomic E-state index is 0.00340. The normalized spacial score (nSPS) is 21.2. The number of carbonyl (C=O) groups excluding carboxylic acids is 2. The highest BCUT2D eigenvalue weighted by Crippen LogP contribution is 2.19. The van der Waals surface area contributed by atoms with Crippen molar-refractivity contribution in [3.05, 3.63) is 35.9 Å². The number of aliphatic carboxylic acids is 1. The number of nitrogens with two attached hydrogens (primary N) is 1. The molecule has 7 heteroatoms. The molecule has 1 aromatic rings. The van der Waals surface area contributed by atoms with E-state index in [-0.39, 0.29) is 18.7 Å². The Morgan fingerprint density at radius 1 is 1.29 bits per heavy atom. The lowest BCUT2D eigenvalue weighted by Crippen LogP contribution is -2.48. The zero-order chi connectivity index (χ0) is 17.5. The van der Waals surface area contributed by atoms with Gasteiger partial charge in [0.2, 0.25) is 11.8 Å². The lowest BCUT2D eigenvalue weighted by Gasteiger charge is -2.17. The first kappa shape index (κ1) is 17.9. The Bertz CT molecular complexity index is 591. The molecule has 5 N–H and O–H groups in total. The van der Waals surface area contributed by atoms with Crippen LogP contribution in [0.2, 0.25) is 0 Å². The van der Waals surface area contributed by atoms with E-state index < -0.39 is 24.0 Å². The lowest BCUT2D eigenvalue weighted by molar-refractivity contribution is -0.142. The van der Waals surface area contributed by atoms with Gasteiger partial charge in [-0.25, -0.2) is 4.79 Å². The van der Waals surface area contributed by atoms with E-state index in [1.807, 2.05) is 18.2 Å². The van der Waals surface area contributed by atoms with Gasteiger partial charge in [-0.2, -0.15) is 0 Å². The molecule has 0 unspecified atom stereocenters.